The van der Waals surface area contributed by atoms with Crippen LogP contribution in [0.15, 0.2) is 18.2 Å². The Bertz CT molecular complexity index is 821. The number of ether oxygens (including phenoxy) is 1. The van der Waals surface area contributed by atoms with Crippen LogP contribution in [0.2, 0.25) is 0 Å². The molecule has 156 valence electrons. The van der Waals surface area contributed by atoms with Crippen molar-refractivity contribution in [3.05, 3.63) is 29.3 Å². The quantitative estimate of drug-likeness (QED) is 0.584. The van der Waals surface area contributed by atoms with Gasteiger partial charge in [-0.15, -0.1) is 0 Å². The van der Waals surface area contributed by atoms with E-state index in [0.717, 1.165) is 0 Å². The van der Waals surface area contributed by atoms with Crippen molar-refractivity contribution >= 4 is 17.6 Å². The number of hydrogen-bond donors (Lipinski definition) is 2. The molecule has 1 aromatic rings. The summed E-state index contributed by atoms with van der Waals surface area (Å²) in [7, 11) is 0.544. The van der Waals surface area contributed by atoms with Gasteiger partial charge in [0.25, 0.3) is 17.1 Å². The molecule has 0 saturated carbocycles. The maximum Gasteiger partial charge on any atom is 0.432 e. The van der Waals surface area contributed by atoms with Crippen molar-refractivity contribution in [3.63, 3.8) is 0 Å². The number of esters is 1. The minimum absolute atomic E-state index is 0.132. The SMILES string of the molecule is COC(=O)[C@@](O)(c1ccc2c(c1)[C@](O)(C(F)(F)F)C(=O)N2C(C)C)C(F)(F)F. The average molecular weight is 415 g/mol. The number of benzene rings is 1. The number of hydrogen-bond acceptors (Lipinski definition) is 5. The monoisotopic (exact) mass is 415 g/mol. The first-order chi connectivity index (χ1) is 12.5. The van der Waals surface area contributed by atoms with Crippen LogP contribution in [0.25, 0.3) is 0 Å². The van der Waals surface area contributed by atoms with Crippen molar-refractivity contribution in [2.45, 2.75) is 43.4 Å². The van der Waals surface area contributed by atoms with Crippen molar-refractivity contribution in [2.75, 3.05) is 12.0 Å². The van der Waals surface area contributed by atoms with Gasteiger partial charge in [-0.2, -0.15) is 26.3 Å². The lowest BCUT2D eigenvalue weighted by Crippen LogP contribution is -2.52. The first-order valence-electron chi connectivity index (χ1n) is 7.70. The van der Waals surface area contributed by atoms with Crippen molar-refractivity contribution in [1.29, 1.82) is 0 Å². The fourth-order valence-electron chi connectivity index (χ4n) is 2.99. The lowest BCUT2D eigenvalue weighted by Gasteiger charge is -2.29. The largest absolute Gasteiger partial charge is 0.466 e. The smallest absolute Gasteiger partial charge is 0.432 e. The van der Waals surface area contributed by atoms with Crippen LogP contribution in [0.5, 0.6) is 0 Å². The lowest BCUT2D eigenvalue weighted by molar-refractivity contribution is -0.267. The van der Waals surface area contributed by atoms with Crippen LogP contribution < -0.4 is 4.90 Å². The van der Waals surface area contributed by atoms with Gasteiger partial charge in [-0.05, 0) is 26.0 Å². The molecule has 1 aliphatic rings. The van der Waals surface area contributed by atoms with E-state index in [0.29, 0.717) is 24.1 Å². The number of carbonyl (C=O) groups excluding carboxylic acids is 2. The molecule has 0 bridgehead atoms. The van der Waals surface area contributed by atoms with Crippen LogP contribution in [0.1, 0.15) is 25.0 Å². The molecule has 2 atom stereocenters. The molecule has 2 N–H and O–H groups in total. The fraction of sp³-hybridized carbons (Fsp3) is 0.500. The highest BCUT2D eigenvalue weighted by atomic mass is 19.4. The molecule has 12 heteroatoms. The van der Waals surface area contributed by atoms with E-state index in [2.05, 4.69) is 4.74 Å². The molecule has 0 radical (unpaired) electrons. The summed E-state index contributed by atoms with van der Waals surface area (Å²) in [4.78, 5) is 24.5. The number of amides is 1. The summed E-state index contributed by atoms with van der Waals surface area (Å²) in [6, 6.07) is 0.476. The van der Waals surface area contributed by atoms with E-state index in [4.69, 9.17) is 0 Å². The fourth-order valence-corrected chi connectivity index (χ4v) is 2.99. The highest BCUT2D eigenvalue weighted by Gasteiger charge is 2.68. The molecule has 2 rings (SSSR count). The number of rotatable bonds is 3. The van der Waals surface area contributed by atoms with Crippen LogP contribution in [0.3, 0.4) is 0 Å². The van der Waals surface area contributed by atoms with E-state index >= 15 is 0 Å². The van der Waals surface area contributed by atoms with E-state index in [1.807, 2.05) is 0 Å². The molecule has 0 unspecified atom stereocenters. The molecule has 1 aliphatic heterocycles. The van der Waals surface area contributed by atoms with Gasteiger partial charge in [0, 0.05) is 17.2 Å². The van der Waals surface area contributed by atoms with Crippen molar-refractivity contribution < 1.29 is 50.9 Å². The summed E-state index contributed by atoms with van der Waals surface area (Å²) in [6.07, 6.45) is -11.2. The van der Waals surface area contributed by atoms with Gasteiger partial charge >= 0.3 is 18.3 Å². The average Bonchev–Trinajstić information content (AvgIpc) is 2.80. The minimum Gasteiger partial charge on any atom is -0.466 e. The molecule has 0 aliphatic carbocycles. The van der Waals surface area contributed by atoms with Gasteiger partial charge in [0.2, 0.25) is 0 Å². The van der Waals surface area contributed by atoms with Gasteiger partial charge in [-0.3, -0.25) is 4.79 Å². The third-order valence-electron chi connectivity index (χ3n) is 4.41. The van der Waals surface area contributed by atoms with Crippen molar-refractivity contribution in [3.8, 4) is 0 Å². The number of alkyl halides is 6. The number of fused-ring (bicyclic) bond motifs is 1. The second-order valence-electron chi connectivity index (χ2n) is 6.41. The Hall–Kier alpha value is -2.34. The van der Waals surface area contributed by atoms with Crippen LogP contribution in [0.4, 0.5) is 32.0 Å². The maximum absolute atomic E-state index is 13.5. The molecule has 1 aromatic carbocycles. The number of nitrogens with zero attached hydrogens (tertiary/aromatic N) is 1. The maximum atomic E-state index is 13.5. The second-order valence-corrected chi connectivity index (χ2v) is 6.41. The van der Waals surface area contributed by atoms with Crippen LogP contribution >= 0.6 is 0 Å². The van der Waals surface area contributed by atoms with Gasteiger partial charge in [0.05, 0.1) is 12.8 Å². The van der Waals surface area contributed by atoms with Gasteiger partial charge in [-0.1, -0.05) is 6.07 Å². The van der Waals surface area contributed by atoms with E-state index in [9.17, 15) is 46.1 Å². The van der Waals surface area contributed by atoms with Crippen LogP contribution in [-0.4, -0.2) is 47.6 Å². The van der Waals surface area contributed by atoms with Crippen LogP contribution in [0, 0.1) is 0 Å². The van der Waals surface area contributed by atoms with Gasteiger partial charge in [-0.25, -0.2) is 4.79 Å². The summed E-state index contributed by atoms with van der Waals surface area (Å²) >= 11 is 0. The number of methoxy groups -OCH3 is 1. The molecule has 0 fully saturated rings. The number of carbonyl (C=O) groups is 2. The second kappa shape index (κ2) is 6.34. The summed E-state index contributed by atoms with van der Waals surface area (Å²) in [5.74, 6) is -4.00. The first-order valence-corrected chi connectivity index (χ1v) is 7.70. The standard InChI is InChI=1S/C16H15F6NO5/c1-7(2)23-10-5-4-8(13(26,12(25)28-3)15(17,18)19)6-9(10)14(27,11(23)24)16(20,21)22/h4-7,26-27H,1-3H3/t13-,14+/m0/s1. The minimum atomic E-state index is -5.66. The molecule has 0 aromatic heterocycles. The van der Waals surface area contributed by atoms with E-state index in [1.54, 1.807) is 0 Å². The zero-order valence-corrected chi connectivity index (χ0v) is 14.6. The highest BCUT2D eigenvalue weighted by molar-refractivity contribution is 6.08. The Balaban J connectivity index is 2.85. The van der Waals surface area contributed by atoms with Gasteiger partial charge in [0.1, 0.15) is 0 Å². The zero-order valence-electron chi connectivity index (χ0n) is 14.6. The van der Waals surface area contributed by atoms with Crippen molar-refractivity contribution in [2.24, 2.45) is 0 Å². The number of anilines is 1. The summed E-state index contributed by atoms with van der Waals surface area (Å²) in [6.45, 7) is 2.66. The molecule has 28 heavy (non-hydrogen) atoms. The molecule has 1 amide bonds. The third kappa shape index (κ3) is 2.73. The van der Waals surface area contributed by atoms with Crippen molar-refractivity contribution in [1.82, 2.24) is 0 Å². The third-order valence-corrected chi connectivity index (χ3v) is 4.41. The molecule has 1 heterocycles. The molecule has 6 nitrogen and oxygen atoms in total. The lowest BCUT2D eigenvalue weighted by atomic mass is 9.87. The number of aliphatic hydroxyl groups is 2. The normalized spacial score (nSPS) is 22.3. The van der Waals surface area contributed by atoms with E-state index < -0.39 is 58.3 Å². The first kappa shape index (κ1) is 22.0. The van der Waals surface area contributed by atoms with E-state index in [-0.39, 0.29) is 6.07 Å². The number of halogens is 6. The highest BCUT2D eigenvalue weighted by Crippen LogP contribution is 2.52. The predicted octanol–water partition coefficient (Wildman–Crippen LogP) is 2.11. The Morgan fingerprint density at radius 3 is 2.11 bits per heavy atom. The van der Waals surface area contributed by atoms with Crippen LogP contribution in [-0.2, 0) is 25.5 Å². The summed E-state index contributed by atoms with van der Waals surface area (Å²) in [5, 5.41) is 20.1. The summed E-state index contributed by atoms with van der Waals surface area (Å²) < 4.78 is 84.6. The van der Waals surface area contributed by atoms with E-state index in [1.165, 1.54) is 13.8 Å². The Morgan fingerprint density at radius 2 is 1.71 bits per heavy atom. The zero-order chi connectivity index (χ0) is 21.9. The van der Waals surface area contributed by atoms with Gasteiger partial charge in [0.15, 0.2) is 0 Å². The Kier molecular flexibility index (Phi) is 4.97. The molecule has 0 saturated heterocycles. The van der Waals surface area contributed by atoms with Gasteiger partial charge < -0.3 is 19.8 Å². The molecular weight excluding hydrogens is 400 g/mol. The topological polar surface area (TPSA) is 87.1 Å². The Labute approximate surface area is 154 Å². The Morgan fingerprint density at radius 1 is 1.18 bits per heavy atom. The predicted molar refractivity (Wildman–Crippen MR) is 81.0 cm³/mol. The molecular formula is C16H15F6NO5. The molecule has 0 spiro atoms. The summed E-state index contributed by atoms with van der Waals surface area (Å²) in [5.41, 5.74) is -11.5.